The summed E-state index contributed by atoms with van der Waals surface area (Å²) >= 11 is 0. The van der Waals surface area contributed by atoms with Gasteiger partial charge in [-0.1, -0.05) is 13.3 Å². The lowest BCUT2D eigenvalue weighted by molar-refractivity contribution is -0.141. The van der Waals surface area contributed by atoms with Crippen molar-refractivity contribution in [3.63, 3.8) is 0 Å². The molecular formula is C15H28N2O4. The number of rotatable bonds is 7. The fraction of sp³-hybridized carbons (Fsp3) is 0.867. The van der Waals surface area contributed by atoms with Crippen LogP contribution in [-0.4, -0.2) is 41.8 Å². The van der Waals surface area contributed by atoms with Gasteiger partial charge in [0.05, 0.1) is 17.6 Å². The first kappa shape index (κ1) is 17.9. The second kappa shape index (κ2) is 7.22. The van der Waals surface area contributed by atoms with Gasteiger partial charge in [-0.05, 0) is 32.1 Å². The predicted octanol–water partition coefficient (Wildman–Crippen LogP) is 1.13. The number of carbonyl (C=O) groups is 2. The van der Waals surface area contributed by atoms with Gasteiger partial charge in [0.15, 0.2) is 0 Å². The molecule has 0 aromatic rings. The number of nitrogens with two attached hydrogens (primary N) is 1. The Balaban J connectivity index is 3.02. The van der Waals surface area contributed by atoms with Crippen LogP contribution in [0.25, 0.3) is 0 Å². The number of carboxylic acids is 1. The van der Waals surface area contributed by atoms with Gasteiger partial charge in [0.2, 0.25) is 5.91 Å². The molecule has 0 saturated heterocycles. The summed E-state index contributed by atoms with van der Waals surface area (Å²) in [6, 6.07) is -0.520. The van der Waals surface area contributed by atoms with Crippen LogP contribution in [0.4, 0.5) is 0 Å². The van der Waals surface area contributed by atoms with E-state index in [1.165, 1.54) is 6.92 Å². The summed E-state index contributed by atoms with van der Waals surface area (Å²) in [7, 11) is 1.62. The molecule has 1 saturated carbocycles. The van der Waals surface area contributed by atoms with Crippen molar-refractivity contribution in [2.24, 2.45) is 17.6 Å². The van der Waals surface area contributed by atoms with Crippen molar-refractivity contribution >= 4 is 11.9 Å². The summed E-state index contributed by atoms with van der Waals surface area (Å²) in [5.41, 5.74) is 5.62. The molecule has 0 radical (unpaired) electrons. The molecule has 0 bridgehead atoms. The monoisotopic (exact) mass is 300 g/mol. The van der Waals surface area contributed by atoms with Gasteiger partial charge in [-0.25, -0.2) is 0 Å². The largest absolute Gasteiger partial charge is 0.481 e. The number of amides is 1. The Hall–Kier alpha value is -1.14. The average Bonchev–Trinajstić information content (AvgIpc) is 2.78. The molecule has 0 heterocycles. The van der Waals surface area contributed by atoms with Crippen molar-refractivity contribution in [3.8, 4) is 0 Å². The Morgan fingerprint density at radius 2 is 2.10 bits per heavy atom. The van der Waals surface area contributed by atoms with Crippen LogP contribution in [0.2, 0.25) is 0 Å². The lowest BCUT2D eigenvalue weighted by Crippen LogP contribution is -2.58. The van der Waals surface area contributed by atoms with E-state index in [0.29, 0.717) is 12.8 Å². The van der Waals surface area contributed by atoms with Gasteiger partial charge < -0.3 is 20.9 Å². The maximum atomic E-state index is 11.6. The fourth-order valence-electron chi connectivity index (χ4n) is 3.50. The second-order valence-electron chi connectivity index (χ2n) is 6.28. The van der Waals surface area contributed by atoms with Crippen molar-refractivity contribution in [2.45, 2.75) is 64.1 Å². The zero-order valence-electron chi connectivity index (χ0n) is 13.4. The van der Waals surface area contributed by atoms with Gasteiger partial charge >= 0.3 is 5.97 Å². The minimum absolute atomic E-state index is 0.0912. The third-order valence-electron chi connectivity index (χ3n) is 4.67. The van der Waals surface area contributed by atoms with Crippen LogP contribution in [0.5, 0.6) is 0 Å². The Labute approximate surface area is 126 Å². The normalized spacial score (nSPS) is 29.7. The van der Waals surface area contributed by atoms with Crippen LogP contribution in [0, 0.1) is 11.8 Å². The number of aliphatic carboxylic acids is 1. The molecule has 0 aromatic carbocycles. The lowest BCUT2D eigenvalue weighted by atomic mass is 9.79. The van der Waals surface area contributed by atoms with Gasteiger partial charge in [0, 0.05) is 20.1 Å². The first-order valence-electron chi connectivity index (χ1n) is 7.55. The Kier molecular flexibility index (Phi) is 6.16. The van der Waals surface area contributed by atoms with Crippen LogP contribution in [0.1, 0.15) is 46.5 Å². The molecule has 21 heavy (non-hydrogen) atoms. The quantitative estimate of drug-likeness (QED) is 0.654. The van der Waals surface area contributed by atoms with Crippen molar-refractivity contribution < 1.29 is 19.4 Å². The van der Waals surface area contributed by atoms with E-state index in [9.17, 15) is 14.7 Å². The maximum absolute atomic E-state index is 11.6. The van der Waals surface area contributed by atoms with Crippen molar-refractivity contribution in [1.82, 2.24) is 5.32 Å². The first-order chi connectivity index (χ1) is 9.75. The number of hydrogen-bond acceptors (Lipinski definition) is 4. The van der Waals surface area contributed by atoms with E-state index in [-0.39, 0.29) is 23.9 Å². The zero-order chi connectivity index (χ0) is 16.2. The Bertz CT molecular complexity index is 388. The molecule has 5 atom stereocenters. The third-order valence-corrected chi connectivity index (χ3v) is 4.67. The molecule has 1 aliphatic rings. The number of carbonyl (C=O) groups excluding carboxylic acids is 1. The molecule has 1 fully saturated rings. The lowest BCUT2D eigenvalue weighted by Gasteiger charge is -2.41. The molecule has 1 aliphatic carbocycles. The summed E-state index contributed by atoms with van der Waals surface area (Å²) in [6.07, 6.45) is 2.60. The topological polar surface area (TPSA) is 102 Å². The van der Waals surface area contributed by atoms with Crippen molar-refractivity contribution in [3.05, 3.63) is 0 Å². The van der Waals surface area contributed by atoms with E-state index >= 15 is 0 Å². The molecule has 1 rings (SSSR count). The van der Waals surface area contributed by atoms with Crippen molar-refractivity contribution in [1.29, 1.82) is 0 Å². The highest BCUT2D eigenvalue weighted by atomic mass is 16.5. The molecule has 6 nitrogen and oxygen atoms in total. The van der Waals surface area contributed by atoms with Gasteiger partial charge in [0.1, 0.15) is 0 Å². The zero-order valence-corrected chi connectivity index (χ0v) is 13.4. The predicted molar refractivity (Wildman–Crippen MR) is 79.8 cm³/mol. The molecule has 0 spiro atoms. The molecule has 1 amide bonds. The van der Waals surface area contributed by atoms with E-state index in [2.05, 4.69) is 12.2 Å². The molecule has 0 aromatic heterocycles. The summed E-state index contributed by atoms with van der Waals surface area (Å²) < 4.78 is 5.68. The van der Waals surface area contributed by atoms with Crippen LogP contribution in [0.15, 0.2) is 0 Å². The van der Waals surface area contributed by atoms with Gasteiger partial charge in [0.25, 0.3) is 0 Å². The van der Waals surface area contributed by atoms with Crippen LogP contribution >= 0.6 is 0 Å². The Morgan fingerprint density at radius 1 is 1.48 bits per heavy atom. The third kappa shape index (κ3) is 4.17. The van der Waals surface area contributed by atoms with Crippen molar-refractivity contribution in [2.75, 3.05) is 7.11 Å². The summed E-state index contributed by atoms with van der Waals surface area (Å²) in [5, 5.41) is 12.2. The summed E-state index contributed by atoms with van der Waals surface area (Å²) in [6.45, 7) is 5.47. The Morgan fingerprint density at radius 3 is 2.48 bits per heavy atom. The highest BCUT2D eigenvalue weighted by Crippen LogP contribution is 2.38. The molecule has 4 N–H and O–H groups in total. The fourth-order valence-corrected chi connectivity index (χ4v) is 3.50. The maximum Gasteiger partial charge on any atom is 0.306 e. The van der Waals surface area contributed by atoms with E-state index in [4.69, 9.17) is 10.5 Å². The minimum Gasteiger partial charge on any atom is -0.481 e. The van der Waals surface area contributed by atoms with Crippen LogP contribution < -0.4 is 11.1 Å². The highest BCUT2D eigenvalue weighted by Gasteiger charge is 2.47. The molecule has 6 heteroatoms. The van der Waals surface area contributed by atoms with E-state index < -0.39 is 17.5 Å². The smallest absolute Gasteiger partial charge is 0.306 e. The number of methoxy groups -OCH3 is 1. The van der Waals surface area contributed by atoms with E-state index in [1.807, 2.05) is 6.92 Å². The summed E-state index contributed by atoms with van der Waals surface area (Å²) in [5.74, 6) is -1.50. The van der Waals surface area contributed by atoms with Gasteiger partial charge in [-0.3, -0.25) is 9.59 Å². The van der Waals surface area contributed by atoms with E-state index in [1.54, 1.807) is 7.11 Å². The first-order valence-corrected chi connectivity index (χ1v) is 7.55. The molecule has 122 valence electrons. The van der Waals surface area contributed by atoms with Gasteiger partial charge in [-0.15, -0.1) is 0 Å². The number of hydrogen-bond donors (Lipinski definition) is 3. The van der Waals surface area contributed by atoms with Crippen LogP contribution in [-0.2, 0) is 14.3 Å². The second-order valence-corrected chi connectivity index (χ2v) is 6.28. The standard InChI is InChI=1S/C15H28N2O4/c1-5-6-15(3,21-4)13(17-9(2)18)11-7-10(14(19)20)8-12(11)16/h10-13H,5-8,16H2,1-4H3,(H,17,18)(H,19,20)/t10-,11-,12-,13-,15+/m1/s1. The highest BCUT2D eigenvalue weighted by molar-refractivity contribution is 5.73. The number of ether oxygens (including phenoxy) is 1. The van der Waals surface area contributed by atoms with Crippen LogP contribution in [0.3, 0.4) is 0 Å². The summed E-state index contributed by atoms with van der Waals surface area (Å²) in [4.78, 5) is 22.8. The number of nitrogens with one attached hydrogen (secondary N) is 1. The number of carboxylic acid groups (broad SMARTS) is 1. The molecule has 0 aliphatic heterocycles. The van der Waals surface area contributed by atoms with Gasteiger partial charge in [-0.2, -0.15) is 0 Å². The molecule has 0 unspecified atom stereocenters. The minimum atomic E-state index is -0.816. The SMILES string of the molecule is CCC[C@](C)(OC)[C@H](NC(C)=O)[C@@H]1C[C@@H](C(=O)O)C[C@H]1N. The average molecular weight is 300 g/mol. The molecular weight excluding hydrogens is 272 g/mol. The van der Waals surface area contributed by atoms with E-state index in [0.717, 1.165) is 12.8 Å².